The zero-order chi connectivity index (χ0) is 14.0. The Balaban J connectivity index is 1.73. The minimum absolute atomic E-state index is 0.0277. The molecule has 0 amide bonds. The number of ether oxygens (including phenoxy) is 2. The van der Waals surface area contributed by atoms with E-state index in [1.54, 1.807) is 0 Å². The lowest BCUT2D eigenvalue weighted by molar-refractivity contribution is 0.0686. The molecule has 104 valence electrons. The third-order valence-electron chi connectivity index (χ3n) is 3.65. The maximum absolute atomic E-state index is 6.45. The normalized spacial score (nSPS) is 20.2. The summed E-state index contributed by atoms with van der Waals surface area (Å²) in [6.07, 6.45) is 0.686. The van der Waals surface area contributed by atoms with Crippen LogP contribution in [0.3, 0.4) is 0 Å². The smallest absolute Gasteiger partial charge is 0.161 e. The molecule has 1 heterocycles. The number of benzene rings is 2. The molecule has 0 bridgehead atoms. The number of hydrogen-bond acceptors (Lipinski definition) is 3. The highest BCUT2D eigenvalue weighted by atomic mass is 16.6. The van der Waals surface area contributed by atoms with Gasteiger partial charge in [-0.2, -0.15) is 0 Å². The summed E-state index contributed by atoms with van der Waals surface area (Å²) < 4.78 is 11.7. The standard InChI is InChI=1S/C17H19NO2/c1-17(18,13-7-3-2-4-8-13)11-14-12-19-15-9-5-6-10-16(15)20-14/h2-10,14H,11-12,18H2,1H3/t14-,17?/m0/s1. The van der Waals surface area contributed by atoms with Crippen molar-refractivity contribution < 1.29 is 9.47 Å². The van der Waals surface area contributed by atoms with Gasteiger partial charge in [-0.15, -0.1) is 0 Å². The Bertz CT molecular complexity index is 581. The fourth-order valence-corrected chi connectivity index (χ4v) is 2.57. The van der Waals surface area contributed by atoms with E-state index < -0.39 is 5.54 Å². The number of rotatable bonds is 3. The molecule has 1 unspecified atom stereocenters. The van der Waals surface area contributed by atoms with Gasteiger partial charge in [0, 0.05) is 12.0 Å². The molecule has 3 rings (SSSR count). The van der Waals surface area contributed by atoms with Gasteiger partial charge in [-0.3, -0.25) is 0 Å². The van der Waals surface area contributed by atoms with E-state index >= 15 is 0 Å². The minimum atomic E-state index is -0.429. The van der Waals surface area contributed by atoms with Crippen LogP contribution < -0.4 is 15.2 Å². The molecule has 0 aromatic heterocycles. The van der Waals surface area contributed by atoms with Gasteiger partial charge in [-0.25, -0.2) is 0 Å². The Morgan fingerprint density at radius 3 is 2.45 bits per heavy atom. The first-order valence-corrected chi connectivity index (χ1v) is 6.88. The van der Waals surface area contributed by atoms with Crippen LogP contribution in [0.25, 0.3) is 0 Å². The topological polar surface area (TPSA) is 44.5 Å². The van der Waals surface area contributed by atoms with Crippen molar-refractivity contribution in [2.45, 2.75) is 25.0 Å². The van der Waals surface area contributed by atoms with Crippen molar-refractivity contribution in [3.05, 3.63) is 60.2 Å². The first kappa shape index (κ1) is 13.0. The lowest BCUT2D eigenvalue weighted by atomic mass is 9.87. The quantitative estimate of drug-likeness (QED) is 0.931. The summed E-state index contributed by atoms with van der Waals surface area (Å²) in [5, 5.41) is 0. The highest BCUT2D eigenvalue weighted by molar-refractivity contribution is 5.40. The third kappa shape index (κ3) is 2.63. The van der Waals surface area contributed by atoms with Gasteiger partial charge in [0.2, 0.25) is 0 Å². The van der Waals surface area contributed by atoms with Crippen LogP contribution in [0.4, 0.5) is 0 Å². The summed E-state index contributed by atoms with van der Waals surface area (Å²) >= 11 is 0. The Hall–Kier alpha value is -2.00. The average Bonchev–Trinajstić information content (AvgIpc) is 2.48. The van der Waals surface area contributed by atoms with Crippen LogP contribution in [-0.4, -0.2) is 12.7 Å². The van der Waals surface area contributed by atoms with E-state index in [0.29, 0.717) is 13.0 Å². The van der Waals surface area contributed by atoms with E-state index in [0.717, 1.165) is 17.1 Å². The van der Waals surface area contributed by atoms with Crippen molar-refractivity contribution in [2.75, 3.05) is 6.61 Å². The maximum atomic E-state index is 6.45. The summed E-state index contributed by atoms with van der Waals surface area (Å²) in [5.41, 5.74) is 7.14. The maximum Gasteiger partial charge on any atom is 0.161 e. The molecule has 1 aliphatic rings. The van der Waals surface area contributed by atoms with Crippen LogP contribution in [0, 0.1) is 0 Å². The number of hydrogen-bond donors (Lipinski definition) is 1. The molecule has 0 spiro atoms. The fraction of sp³-hybridized carbons (Fsp3) is 0.294. The lowest BCUT2D eigenvalue weighted by Gasteiger charge is -2.33. The molecule has 2 atom stereocenters. The van der Waals surface area contributed by atoms with Crippen LogP contribution in [0.1, 0.15) is 18.9 Å². The van der Waals surface area contributed by atoms with E-state index in [9.17, 15) is 0 Å². The molecular weight excluding hydrogens is 250 g/mol. The molecule has 0 radical (unpaired) electrons. The van der Waals surface area contributed by atoms with E-state index in [2.05, 4.69) is 12.1 Å². The minimum Gasteiger partial charge on any atom is -0.486 e. The Labute approximate surface area is 119 Å². The van der Waals surface area contributed by atoms with Gasteiger partial charge >= 0.3 is 0 Å². The number of fused-ring (bicyclic) bond motifs is 1. The van der Waals surface area contributed by atoms with Gasteiger partial charge in [0.05, 0.1) is 0 Å². The van der Waals surface area contributed by atoms with Gasteiger partial charge < -0.3 is 15.2 Å². The van der Waals surface area contributed by atoms with Crippen LogP contribution in [0.5, 0.6) is 11.5 Å². The van der Waals surface area contributed by atoms with Crippen molar-refractivity contribution in [3.63, 3.8) is 0 Å². The molecule has 20 heavy (non-hydrogen) atoms. The highest BCUT2D eigenvalue weighted by Crippen LogP contribution is 2.34. The van der Waals surface area contributed by atoms with E-state index in [-0.39, 0.29) is 6.10 Å². The zero-order valence-corrected chi connectivity index (χ0v) is 11.6. The van der Waals surface area contributed by atoms with Gasteiger partial charge in [0.15, 0.2) is 11.5 Å². The van der Waals surface area contributed by atoms with E-state index in [1.165, 1.54) is 0 Å². The van der Waals surface area contributed by atoms with Crippen molar-refractivity contribution in [2.24, 2.45) is 5.73 Å². The molecule has 2 aromatic rings. The Morgan fingerprint density at radius 1 is 1.05 bits per heavy atom. The highest BCUT2D eigenvalue weighted by Gasteiger charge is 2.30. The summed E-state index contributed by atoms with van der Waals surface area (Å²) in [4.78, 5) is 0. The van der Waals surface area contributed by atoms with Crippen molar-refractivity contribution in [1.29, 1.82) is 0 Å². The summed E-state index contributed by atoms with van der Waals surface area (Å²) in [6, 6.07) is 17.9. The largest absolute Gasteiger partial charge is 0.486 e. The van der Waals surface area contributed by atoms with Crippen molar-refractivity contribution in [1.82, 2.24) is 0 Å². The first-order valence-electron chi connectivity index (χ1n) is 6.88. The number of nitrogens with two attached hydrogens (primary N) is 1. The summed E-state index contributed by atoms with van der Waals surface area (Å²) in [7, 11) is 0. The molecule has 1 aliphatic heterocycles. The molecule has 0 saturated heterocycles. The molecule has 0 aliphatic carbocycles. The van der Waals surface area contributed by atoms with Gasteiger partial charge in [-0.1, -0.05) is 42.5 Å². The van der Waals surface area contributed by atoms with Crippen LogP contribution in [0.2, 0.25) is 0 Å². The average molecular weight is 269 g/mol. The summed E-state index contributed by atoms with van der Waals surface area (Å²) in [6.45, 7) is 2.57. The van der Waals surface area contributed by atoms with E-state index in [4.69, 9.17) is 15.2 Å². The molecule has 2 aromatic carbocycles. The van der Waals surface area contributed by atoms with Crippen LogP contribution in [-0.2, 0) is 5.54 Å². The van der Waals surface area contributed by atoms with Crippen LogP contribution in [0.15, 0.2) is 54.6 Å². The predicted molar refractivity (Wildman–Crippen MR) is 79.0 cm³/mol. The molecule has 0 saturated carbocycles. The fourth-order valence-electron chi connectivity index (χ4n) is 2.57. The summed E-state index contributed by atoms with van der Waals surface area (Å²) in [5.74, 6) is 1.61. The van der Waals surface area contributed by atoms with Gasteiger partial charge in [0.25, 0.3) is 0 Å². The second-order valence-electron chi connectivity index (χ2n) is 5.49. The Kier molecular flexibility index (Phi) is 3.36. The molecule has 3 nitrogen and oxygen atoms in total. The number of para-hydroxylation sites is 2. The second-order valence-corrected chi connectivity index (χ2v) is 5.49. The van der Waals surface area contributed by atoms with Crippen LogP contribution >= 0.6 is 0 Å². The molecule has 2 N–H and O–H groups in total. The monoisotopic (exact) mass is 269 g/mol. The zero-order valence-electron chi connectivity index (χ0n) is 11.6. The Morgan fingerprint density at radius 2 is 1.70 bits per heavy atom. The van der Waals surface area contributed by atoms with E-state index in [1.807, 2.05) is 49.4 Å². The first-order chi connectivity index (χ1) is 9.65. The second kappa shape index (κ2) is 5.17. The van der Waals surface area contributed by atoms with Crippen molar-refractivity contribution in [3.8, 4) is 11.5 Å². The SMILES string of the molecule is CC(N)(C[C@H]1COc2ccccc2O1)c1ccccc1. The molecule has 0 fully saturated rings. The molecular formula is C17H19NO2. The van der Waals surface area contributed by atoms with Gasteiger partial charge in [-0.05, 0) is 24.6 Å². The lowest BCUT2D eigenvalue weighted by Crippen LogP contribution is -2.42. The third-order valence-corrected chi connectivity index (χ3v) is 3.65. The molecule has 3 heteroatoms. The van der Waals surface area contributed by atoms with Gasteiger partial charge in [0.1, 0.15) is 12.7 Å². The van der Waals surface area contributed by atoms with Crippen molar-refractivity contribution >= 4 is 0 Å². The predicted octanol–water partition coefficient (Wildman–Crippen LogP) is 3.09.